The molecule has 0 saturated carbocycles. The highest BCUT2D eigenvalue weighted by atomic mass is 19.1. The Hall–Kier alpha value is -3.01. The van der Waals surface area contributed by atoms with Gasteiger partial charge in [0.2, 0.25) is 0 Å². The van der Waals surface area contributed by atoms with Gasteiger partial charge < -0.3 is 10.6 Å². The van der Waals surface area contributed by atoms with Crippen LogP contribution in [0.15, 0.2) is 41.4 Å². The molecule has 0 aliphatic heterocycles. The molecule has 1 unspecified atom stereocenters. The van der Waals surface area contributed by atoms with Gasteiger partial charge in [0, 0.05) is 23.7 Å². The number of hydrogen-bond acceptors (Lipinski definition) is 2. The monoisotopic (exact) mass is 360 g/mol. The van der Waals surface area contributed by atoms with Gasteiger partial charge in [0.15, 0.2) is 5.96 Å². The van der Waals surface area contributed by atoms with Crippen LogP contribution in [0.5, 0.6) is 0 Å². The lowest BCUT2D eigenvalue weighted by atomic mass is 10.1. The summed E-state index contributed by atoms with van der Waals surface area (Å²) in [6, 6.07) is 8.89. The summed E-state index contributed by atoms with van der Waals surface area (Å²) < 4.78 is 40.8. The zero-order valence-electron chi connectivity index (χ0n) is 14.5. The van der Waals surface area contributed by atoms with E-state index in [1.807, 2.05) is 13.0 Å². The number of hydrogen-bond donors (Lipinski definition) is 2. The van der Waals surface area contributed by atoms with Crippen molar-refractivity contribution in [3.8, 4) is 6.07 Å². The van der Waals surface area contributed by atoms with Crippen LogP contribution in [0.3, 0.4) is 0 Å². The average Bonchev–Trinajstić information content (AvgIpc) is 2.60. The molecular weight excluding hydrogens is 341 g/mol. The molecule has 26 heavy (non-hydrogen) atoms. The van der Waals surface area contributed by atoms with Crippen LogP contribution >= 0.6 is 0 Å². The third kappa shape index (κ3) is 4.99. The van der Waals surface area contributed by atoms with Crippen molar-refractivity contribution in [2.24, 2.45) is 4.99 Å². The summed E-state index contributed by atoms with van der Waals surface area (Å²) in [5.41, 5.74) is 0.910. The van der Waals surface area contributed by atoms with Gasteiger partial charge >= 0.3 is 0 Å². The molecule has 0 aliphatic carbocycles. The lowest BCUT2D eigenvalue weighted by Gasteiger charge is -2.18. The Morgan fingerprint density at radius 2 is 1.92 bits per heavy atom. The van der Waals surface area contributed by atoms with Crippen LogP contribution in [0.25, 0.3) is 0 Å². The summed E-state index contributed by atoms with van der Waals surface area (Å²) in [6.07, 6.45) is 0. The number of nitriles is 1. The van der Waals surface area contributed by atoms with E-state index in [0.717, 1.165) is 6.07 Å². The van der Waals surface area contributed by atoms with E-state index < -0.39 is 23.5 Å². The van der Waals surface area contributed by atoms with Crippen molar-refractivity contribution in [2.45, 2.75) is 26.4 Å². The highest BCUT2D eigenvalue weighted by Gasteiger charge is 2.13. The van der Waals surface area contributed by atoms with Crippen LogP contribution < -0.4 is 10.6 Å². The maximum Gasteiger partial charge on any atom is 0.192 e. The quantitative estimate of drug-likeness (QED) is 0.630. The van der Waals surface area contributed by atoms with Crippen molar-refractivity contribution in [1.29, 1.82) is 5.26 Å². The summed E-state index contributed by atoms with van der Waals surface area (Å²) in [6.45, 7) is 4.12. The number of guanidine groups is 1. The molecule has 0 bridgehead atoms. The van der Waals surface area contributed by atoms with Crippen molar-refractivity contribution in [2.75, 3.05) is 6.54 Å². The molecular formula is C19H19F3N4. The first kappa shape index (κ1) is 19.3. The average molecular weight is 360 g/mol. The largest absolute Gasteiger partial charge is 0.357 e. The molecule has 0 saturated heterocycles. The van der Waals surface area contributed by atoms with E-state index in [2.05, 4.69) is 15.6 Å². The van der Waals surface area contributed by atoms with Gasteiger partial charge in [0.25, 0.3) is 0 Å². The van der Waals surface area contributed by atoms with E-state index in [4.69, 9.17) is 5.26 Å². The van der Waals surface area contributed by atoms with Gasteiger partial charge in [-0.25, -0.2) is 18.2 Å². The molecule has 0 heterocycles. The van der Waals surface area contributed by atoms with Gasteiger partial charge in [-0.2, -0.15) is 5.26 Å². The number of rotatable bonds is 5. The standard InChI is InChI=1S/C19H19F3N4/c1-3-24-19(25-11-14-8-13(10-23)4-7-17(14)21)26-12(2)16-6-5-15(20)9-18(16)22/h4-9,12H,3,11H2,1-2H3,(H2,24,25,26). The zero-order chi connectivity index (χ0) is 19.1. The fourth-order valence-corrected chi connectivity index (χ4v) is 2.39. The molecule has 0 amide bonds. The van der Waals surface area contributed by atoms with Crippen LogP contribution in [-0.2, 0) is 6.54 Å². The van der Waals surface area contributed by atoms with Crippen molar-refractivity contribution in [1.82, 2.24) is 10.6 Å². The normalized spacial score (nSPS) is 12.4. The second-order valence-corrected chi connectivity index (χ2v) is 5.65. The van der Waals surface area contributed by atoms with Crippen molar-refractivity contribution < 1.29 is 13.2 Å². The summed E-state index contributed by atoms with van der Waals surface area (Å²) in [5.74, 6) is -1.41. The van der Waals surface area contributed by atoms with E-state index in [9.17, 15) is 13.2 Å². The maximum absolute atomic E-state index is 13.9. The number of aliphatic imine (C=N–C) groups is 1. The van der Waals surface area contributed by atoms with Crippen LogP contribution in [0.4, 0.5) is 13.2 Å². The number of nitrogens with zero attached hydrogens (tertiary/aromatic N) is 2. The van der Waals surface area contributed by atoms with Gasteiger partial charge in [0.05, 0.1) is 24.2 Å². The summed E-state index contributed by atoms with van der Waals surface area (Å²) in [7, 11) is 0. The Labute approximate surface area is 150 Å². The minimum Gasteiger partial charge on any atom is -0.357 e. The lowest BCUT2D eigenvalue weighted by molar-refractivity contribution is 0.550. The highest BCUT2D eigenvalue weighted by molar-refractivity contribution is 5.80. The summed E-state index contributed by atoms with van der Waals surface area (Å²) >= 11 is 0. The predicted molar refractivity (Wildman–Crippen MR) is 93.8 cm³/mol. The van der Waals surface area contributed by atoms with E-state index in [0.29, 0.717) is 18.1 Å². The molecule has 0 fully saturated rings. The molecule has 2 aromatic carbocycles. The SMILES string of the molecule is CCNC(=NCc1cc(C#N)ccc1F)NC(C)c1ccc(F)cc1F. The Kier molecular flexibility index (Phi) is 6.61. The smallest absolute Gasteiger partial charge is 0.192 e. The third-order valence-electron chi connectivity index (χ3n) is 3.71. The fourth-order valence-electron chi connectivity index (χ4n) is 2.39. The first-order chi connectivity index (χ1) is 12.4. The van der Waals surface area contributed by atoms with Crippen molar-refractivity contribution in [3.05, 3.63) is 70.5 Å². The summed E-state index contributed by atoms with van der Waals surface area (Å²) in [5, 5.41) is 14.9. The molecule has 2 aromatic rings. The maximum atomic E-state index is 13.9. The Bertz CT molecular complexity index is 843. The van der Waals surface area contributed by atoms with Crippen LogP contribution in [0.2, 0.25) is 0 Å². The first-order valence-corrected chi connectivity index (χ1v) is 8.13. The molecule has 7 heteroatoms. The number of nitrogens with one attached hydrogen (secondary N) is 2. The summed E-state index contributed by atoms with van der Waals surface area (Å²) in [4.78, 5) is 4.28. The molecule has 0 aliphatic rings. The molecule has 0 spiro atoms. The molecule has 0 aromatic heterocycles. The molecule has 1 atom stereocenters. The minimum atomic E-state index is -0.659. The topological polar surface area (TPSA) is 60.2 Å². The van der Waals surface area contributed by atoms with Crippen LogP contribution in [0, 0.1) is 28.8 Å². The predicted octanol–water partition coefficient (Wildman–Crippen LogP) is 3.79. The lowest BCUT2D eigenvalue weighted by Crippen LogP contribution is -2.39. The Morgan fingerprint density at radius 1 is 1.15 bits per heavy atom. The van der Waals surface area contributed by atoms with Crippen molar-refractivity contribution >= 4 is 5.96 Å². The zero-order valence-corrected chi connectivity index (χ0v) is 14.5. The Balaban J connectivity index is 2.17. The minimum absolute atomic E-state index is 0.00923. The number of halogens is 3. The van der Waals surface area contributed by atoms with Gasteiger partial charge in [-0.15, -0.1) is 0 Å². The molecule has 2 rings (SSSR count). The second-order valence-electron chi connectivity index (χ2n) is 5.65. The molecule has 136 valence electrons. The van der Waals surface area contributed by atoms with Gasteiger partial charge in [-0.3, -0.25) is 0 Å². The van der Waals surface area contributed by atoms with E-state index in [1.54, 1.807) is 6.92 Å². The van der Waals surface area contributed by atoms with E-state index in [-0.39, 0.29) is 17.7 Å². The van der Waals surface area contributed by atoms with E-state index in [1.165, 1.54) is 30.3 Å². The van der Waals surface area contributed by atoms with Gasteiger partial charge in [-0.1, -0.05) is 6.07 Å². The van der Waals surface area contributed by atoms with Crippen LogP contribution in [0.1, 0.15) is 36.6 Å². The van der Waals surface area contributed by atoms with Crippen molar-refractivity contribution in [3.63, 3.8) is 0 Å². The third-order valence-corrected chi connectivity index (χ3v) is 3.71. The first-order valence-electron chi connectivity index (χ1n) is 8.13. The fraction of sp³-hybridized carbons (Fsp3) is 0.263. The molecule has 0 radical (unpaired) electrons. The second kappa shape index (κ2) is 8.90. The molecule has 2 N–H and O–H groups in total. The molecule has 4 nitrogen and oxygen atoms in total. The van der Waals surface area contributed by atoms with E-state index >= 15 is 0 Å². The van der Waals surface area contributed by atoms with Gasteiger partial charge in [-0.05, 0) is 38.1 Å². The van der Waals surface area contributed by atoms with Gasteiger partial charge in [0.1, 0.15) is 17.5 Å². The highest BCUT2D eigenvalue weighted by Crippen LogP contribution is 2.18. The number of benzene rings is 2. The Morgan fingerprint density at radius 3 is 2.58 bits per heavy atom. The van der Waals surface area contributed by atoms with Crippen LogP contribution in [-0.4, -0.2) is 12.5 Å².